The number of likely N-dealkylation sites (N-methyl/N-ethyl adjacent to an activating group) is 1. The minimum atomic E-state index is -0.385. The SMILES string of the molecule is CN(CC(O)Cn1cccn1)CC1CCN(CCO)CC1. The first-order chi connectivity index (χ1) is 10.2. The summed E-state index contributed by atoms with van der Waals surface area (Å²) < 4.78 is 1.77. The molecule has 1 aliphatic rings. The van der Waals surface area contributed by atoms with Gasteiger partial charge in [0, 0.05) is 32.0 Å². The molecule has 1 unspecified atom stereocenters. The van der Waals surface area contributed by atoms with E-state index in [-0.39, 0.29) is 12.7 Å². The first-order valence-electron chi connectivity index (χ1n) is 7.84. The third-order valence-electron chi connectivity index (χ3n) is 4.17. The summed E-state index contributed by atoms with van der Waals surface area (Å²) in [5.74, 6) is 0.696. The van der Waals surface area contributed by atoms with E-state index in [0.29, 0.717) is 19.0 Å². The van der Waals surface area contributed by atoms with Crippen molar-refractivity contribution in [1.82, 2.24) is 19.6 Å². The molecule has 0 bridgehead atoms. The Morgan fingerprint density at radius 3 is 2.76 bits per heavy atom. The molecule has 1 saturated heterocycles. The number of hydrogen-bond acceptors (Lipinski definition) is 5. The van der Waals surface area contributed by atoms with Gasteiger partial charge in [-0.2, -0.15) is 5.10 Å². The zero-order valence-electron chi connectivity index (χ0n) is 12.9. The highest BCUT2D eigenvalue weighted by Crippen LogP contribution is 2.17. The summed E-state index contributed by atoms with van der Waals surface area (Å²) >= 11 is 0. The number of nitrogens with zero attached hydrogens (tertiary/aromatic N) is 4. The molecule has 2 rings (SSSR count). The second-order valence-corrected chi connectivity index (χ2v) is 6.11. The van der Waals surface area contributed by atoms with Crippen LogP contribution >= 0.6 is 0 Å². The molecule has 0 aromatic carbocycles. The van der Waals surface area contributed by atoms with Crippen LogP contribution in [0.3, 0.4) is 0 Å². The Morgan fingerprint density at radius 2 is 2.14 bits per heavy atom. The zero-order valence-corrected chi connectivity index (χ0v) is 12.9. The van der Waals surface area contributed by atoms with Gasteiger partial charge in [-0.3, -0.25) is 4.68 Å². The Hall–Kier alpha value is -0.950. The quantitative estimate of drug-likeness (QED) is 0.700. The van der Waals surface area contributed by atoms with Crippen molar-refractivity contribution in [2.45, 2.75) is 25.5 Å². The van der Waals surface area contributed by atoms with Crippen LogP contribution in [0.5, 0.6) is 0 Å². The summed E-state index contributed by atoms with van der Waals surface area (Å²) in [4.78, 5) is 4.55. The monoisotopic (exact) mass is 296 g/mol. The lowest BCUT2D eigenvalue weighted by molar-refractivity contribution is 0.0854. The third kappa shape index (κ3) is 5.74. The van der Waals surface area contributed by atoms with Crippen LogP contribution in [0.4, 0.5) is 0 Å². The van der Waals surface area contributed by atoms with Crippen LogP contribution in [-0.2, 0) is 6.54 Å². The van der Waals surface area contributed by atoms with Crippen molar-refractivity contribution in [1.29, 1.82) is 0 Å². The van der Waals surface area contributed by atoms with Gasteiger partial charge < -0.3 is 20.0 Å². The van der Waals surface area contributed by atoms with E-state index in [1.807, 2.05) is 12.3 Å². The Morgan fingerprint density at radius 1 is 1.38 bits per heavy atom. The van der Waals surface area contributed by atoms with Gasteiger partial charge in [-0.15, -0.1) is 0 Å². The van der Waals surface area contributed by atoms with Crippen LogP contribution in [0.1, 0.15) is 12.8 Å². The Kier molecular flexibility index (Phi) is 6.63. The second kappa shape index (κ2) is 8.48. The van der Waals surface area contributed by atoms with Crippen molar-refractivity contribution >= 4 is 0 Å². The average molecular weight is 296 g/mol. The highest BCUT2D eigenvalue weighted by Gasteiger charge is 2.20. The average Bonchev–Trinajstić information content (AvgIpc) is 2.93. The molecule has 2 heterocycles. The van der Waals surface area contributed by atoms with Gasteiger partial charge in [0.25, 0.3) is 0 Å². The molecule has 0 amide bonds. The Bertz CT molecular complexity index is 377. The normalized spacial score (nSPS) is 19.2. The first-order valence-corrected chi connectivity index (χ1v) is 7.84. The molecule has 1 aromatic heterocycles. The number of likely N-dealkylation sites (tertiary alicyclic amines) is 1. The molecule has 6 heteroatoms. The molecule has 120 valence electrons. The maximum absolute atomic E-state index is 10.1. The van der Waals surface area contributed by atoms with E-state index in [9.17, 15) is 5.11 Å². The van der Waals surface area contributed by atoms with E-state index in [4.69, 9.17) is 5.11 Å². The van der Waals surface area contributed by atoms with Gasteiger partial charge in [-0.25, -0.2) is 0 Å². The molecule has 1 atom stereocenters. The van der Waals surface area contributed by atoms with Crippen LogP contribution < -0.4 is 0 Å². The topological polar surface area (TPSA) is 64.8 Å². The van der Waals surface area contributed by atoms with Crippen molar-refractivity contribution in [3.8, 4) is 0 Å². The molecule has 0 saturated carbocycles. The summed E-state index contributed by atoms with van der Waals surface area (Å²) in [5, 5.41) is 23.2. The molecule has 6 nitrogen and oxygen atoms in total. The van der Waals surface area contributed by atoms with Crippen LogP contribution in [0, 0.1) is 5.92 Å². The van der Waals surface area contributed by atoms with E-state index < -0.39 is 0 Å². The molecule has 0 aliphatic carbocycles. The minimum Gasteiger partial charge on any atom is -0.395 e. The first kappa shape index (κ1) is 16.4. The highest BCUT2D eigenvalue weighted by atomic mass is 16.3. The lowest BCUT2D eigenvalue weighted by Gasteiger charge is -2.34. The summed E-state index contributed by atoms with van der Waals surface area (Å²) in [6.07, 6.45) is 5.58. The number of aliphatic hydroxyl groups excluding tert-OH is 2. The lowest BCUT2D eigenvalue weighted by atomic mass is 9.96. The van der Waals surface area contributed by atoms with E-state index in [1.54, 1.807) is 10.9 Å². The Balaban J connectivity index is 1.64. The van der Waals surface area contributed by atoms with Gasteiger partial charge in [0.05, 0.1) is 19.3 Å². The van der Waals surface area contributed by atoms with Crippen molar-refractivity contribution < 1.29 is 10.2 Å². The van der Waals surface area contributed by atoms with E-state index in [0.717, 1.165) is 26.2 Å². The standard InChI is InChI=1S/C15H28N4O2/c1-17(12-15(21)13-19-6-2-5-16-19)11-14-3-7-18(8-4-14)9-10-20/h2,5-6,14-15,20-21H,3-4,7-13H2,1H3. The van der Waals surface area contributed by atoms with Crippen molar-refractivity contribution in [3.05, 3.63) is 18.5 Å². The number of β-amino-alcohol motifs (C(OH)–C–C–N with tert-alkyl or cyclic N) is 1. The predicted octanol–water partition coefficient (Wildman–Crippen LogP) is -0.120. The molecule has 21 heavy (non-hydrogen) atoms. The number of hydrogen-bond donors (Lipinski definition) is 2. The summed E-state index contributed by atoms with van der Waals surface area (Å²) in [7, 11) is 2.08. The van der Waals surface area contributed by atoms with Gasteiger partial charge in [0.15, 0.2) is 0 Å². The molecule has 0 radical (unpaired) electrons. The van der Waals surface area contributed by atoms with Gasteiger partial charge in [-0.05, 0) is 45.0 Å². The van der Waals surface area contributed by atoms with Crippen molar-refractivity contribution in [2.24, 2.45) is 5.92 Å². The predicted molar refractivity (Wildman–Crippen MR) is 82.0 cm³/mol. The molecular formula is C15H28N4O2. The minimum absolute atomic E-state index is 0.254. The van der Waals surface area contributed by atoms with Gasteiger partial charge >= 0.3 is 0 Å². The van der Waals surface area contributed by atoms with Crippen LogP contribution in [-0.4, -0.2) is 82.3 Å². The van der Waals surface area contributed by atoms with Crippen molar-refractivity contribution in [2.75, 3.05) is 46.4 Å². The fourth-order valence-corrected chi connectivity index (χ4v) is 3.09. The van der Waals surface area contributed by atoms with Crippen LogP contribution in [0.15, 0.2) is 18.5 Å². The van der Waals surface area contributed by atoms with Gasteiger partial charge in [-0.1, -0.05) is 0 Å². The number of rotatable bonds is 8. The second-order valence-electron chi connectivity index (χ2n) is 6.11. The Labute approximate surface area is 127 Å². The maximum Gasteiger partial charge on any atom is 0.0862 e. The van der Waals surface area contributed by atoms with E-state index in [1.165, 1.54) is 12.8 Å². The highest BCUT2D eigenvalue weighted by molar-refractivity contribution is 4.79. The lowest BCUT2D eigenvalue weighted by Crippen LogP contribution is -2.41. The van der Waals surface area contributed by atoms with E-state index in [2.05, 4.69) is 21.9 Å². The van der Waals surface area contributed by atoms with Gasteiger partial charge in [0.1, 0.15) is 0 Å². The summed E-state index contributed by atoms with van der Waals surface area (Å²) in [5.41, 5.74) is 0. The summed E-state index contributed by atoms with van der Waals surface area (Å²) in [6, 6.07) is 1.87. The number of aliphatic hydroxyl groups is 2. The number of aromatic nitrogens is 2. The number of piperidine rings is 1. The molecule has 0 spiro atoms. The fraction of sp³-hybridized carbons (Fsp3) is 0.800. The largest absolute Gasteiger partial charge is 0.395 e. The smallest absolute Gasteiger partial charge is 0.0862 e. The van der Waals surface area contributed by atoms with E-state index >= 15 is 0 Å². The van der Waals surface area contributed by atoms with Crippen LogP contribution in [0.2, 0.25) is 0 Å². The molecule has 2 N–H and O–H groups in total. The molecule has 1 aromatic rings. The molecule has 1 fully saturated rings. The van der Waals surface area contributed by atoms with Gasteiger partial charge in [0.2, 0.25) is 0 Å². The molecular weight excluding hydrogens is 268 g/mol. The molecule has 1 aliphatic heterocycles. The van der Waals surface area contributed by atoms with Crippen molar-refractivity contribution in [3.63, 3.8) is 0 Å². The fourth-order valence-electron chi connectivity index (χ4n) is 3.09. The summed E-state index contributed by atoms with van der Waals surface area (Å²) in [6.45, 7) is 5.46. The maximum atomic E-state index is 10.1. The van der Waals surface area contributed by atoms with Crippen LogP contribution in [0.25, 0.3) is 0 Å². The third-order valence-corrected chi connectivity index (χ3v) is 4.17. The zero-order chi connectivity index (χ0) is 15.1.